The van der Waals surface area contributed by atoms with Gasteiger partial charge in [0.2, 0.25) is 21.8 Å². The van der Waals surface area contributed by atoms with Gasteiger partial charge in [-0.25, -0.2) is 13.2 Å². The third-order valence-electron chi connectivity index (χ3n) is 7.47. The molecule has 2 heterocycles. The Kier molecular flexibility index (Phi) is 5.91. The number of benzene rings is 1. The average molecular weight is 486 g/mol. The van der Waals surface area contributed by atoms with Gasteiger partial charge in [-0.1, -0.05) is 24.3 Å². The molecule has 4 aliphatic rings. The predicted molar refractivity (Wildman–Crippen MR) is 123 cm³/mol. The quantitative estimate of drug-likeness (QED) is 0.347. The van der Waals surface area contributed by atoms with E-state index in [-0.39, 0.29) is 40.4 Å². The Hall–Kier alpha value is -2.82. The third-order valence-corrected chi connectivity index (χ3v) is 9.38. The van der Waals surface area contributed by atoms with Crippen LogP contribution >= 0.6 is 0 Å². The van der Waals surface area contributed by atoms with E-state index in [0.29, 0.717) is 44.8 Å². The molecule has 2 amide bonds. The number of nitrogens with zero attached hydrogens (tertiary/aromatic N) is 3. The predicted octanol–water partition coefficient (Wildman–Crippen LogP) is 0.898. The Bertz CT molecular complexity index is 1140. The van der Waals surface area contributed by atoms with Gasteiger partial charge >= 0.3 is 5.97 Å². The molecule has 10 heteroatoms. The maximum absolute atomic E-state index is 13.0. The molecular formula is C24H27N3O6S. The molecule has 3 fully saturated rings. The van der Waals surface area contributed by atoms with Gasteiger partial charge in [-0.15, -0.1) is 0 Å². The SMILES string of the molecule is O=C(O)/C=C/c1ccc(S(=O)(=O)N2CCN(CCN3C(=O)[C@@H]4[C@@H](C3=O)[C@H]3C=C[C@H]4C3)CC2)cc1. The zero-order valence-electron chi connectivity index (χ0n) is 18.6. The van der Waals surface area contributed by atoms with E-state index >= 15 is 0 Å². The molecule has 1 aromatic rings. The fourth-order valence-corrected chi connectivity index (χ4v) is 7.11. The molecule has 9 nitrogen and oxygen atoms in total. The van der Waals surface area contributed by atoms with Crippen molar-refractivity contribution in [3.8, 4) is 0 Å². The third kappa shape index (κ3) is 3.99. The van der Waals surface area contributed by atoms with Crippen LogP contribution in [-0.2, 0) is 24.4 Å². The van der Waals surface area contributed by atoms with Crippen LogP contribution in [0.2, 0.25) is 0 Å². The number of sulfonamides is 1. The number of rotatable bonds is 7. The standard InChI is InChI=1S/C24H27N3O6S/c28-20(29)8-3-16-1-6-19(7-2-16)34(32,33)26-12-9-25(10-13-26)11-14-27-23(30)21-17-4-5-18(15-17)22(21)24(27)31/h1-8,17-18,21-22H,9-15H2,(H,28,29)/b8-3+/t17-,18-,21-,22-/m0/s1. The van der Waals surface area contributed by atoms with Gasteiger partial charge in [-0.2, -0.15) is 4.31 Å². The number of hydrogen-bond donors (Lipinski definition) is 1. The molecule has 2 aliphatic carbocycles. The largest absolute Gasteiger partial charge is 0.478 e. The van der Waals surface area contributed by atoms with E-state index in [4.69, 9.17) is 5.11 Å². The van der Waals surface area contributed by atoms with Crippen molar-refractivity contribution < 1.29 is 27.9 Å². The molecule has 2 saturated heterocycles. The van der Waals surface area contributed by atoms with Crippen LogP contribution in [0.15, 0.2) is 47.4 Å². The van der Waals surface area contributed by atoms with E-state index in [9.17, 15) is 22.8 Å². The summed E-state index contributed by atoms with van der Waals surface area (Å²) in [5, 5.41) is 8.70. The highest BCUT2D eigenvalue weighted by molar-refractivity contribution is 7.89. The second kappa shape index (κ2) is 8.75. The lowest BCUT2D eigenvalue weighted by molar-refractivity contribution is -0.141. The first-order valence-electron chi connectivity index (χ1n) is 11.5. The molecule has 1 saturated carbocycles. The van der Waals surface area contributed by atoms with Gasteiger partial charge in [0, 0.05) is 45.3 Å². The van der Waals surface area contributed by atoms with Crippen LogP contribution in [0.3, 0.4) is 0 Å². The number of piperazine rings is 1. The lowest BCUT2D eigenvalue weighted by Crippen LogP contribution is -2.50. The van der Waals surface area contributed by atoms with E-state index in [1.54, 1.807) is 12.1 Å². The molecule has 0 spiro atoms. The average Bonchev–Trinajstić information content (AvgIpc) is 3.51. The highest BCUT2D eigenvalue weighted by Gasteiger charge is 2.59. The highest BCUT2D eigenvalue weighted by Crippen LogP contribution is 2.52. The number of carbonyl (C=O) groups excluding carboxylic acids is 2. The van der Waals surface area contributed by atoms with Gasteiger partial charge in [0.15, 0.2) is 0 Å². The monoisotopic (exact) mass is 485 g/mol. The van der Waals surface area contributed by atoms with Gasteiger partial charge in [0.25, 0.3) is 0 Å². The van der Waals surface area contributed by atoms with Crippen molar-refractivity contribution in [3.05, 3.63) is 48.1 Å². The molecular weight excluding hydrogens is 458 g/mol. The van der Waals surface area contributed by atoms with Crippen LogP contribution in [-0.4, -0.2) is 84.7 Å². The first-order valence-corrected chi connectivity index (χ1v) is 13.0. The second-order valence-electron chi connectivity index (χ2n) is 9.31. The van der Waals surface area contributed by atoms with Crippen molar-refractivity contribution in [3.63, 3.8) is 0 Å². The number of amides is 2. The van der Waals surface area contributed by atoms with E-state index in [1.807, 2.05) is 0 Å². The summed E-state index contributed by atoms with van der Waals surface area (Å²) in [7, 11) is -3.66. The first kappa shape index (κ1) is 22.9. The Labute approximate surface area is 198 Å². The number of carboxylic acids is 1. The summed E-state index contributed by atoms with van der Waals surface area (Å²) in [6, 6.07) is 6.10. The van der Waals surface area contributed by atoms with Crippen LogP contribution < -0.4 is 0 Å². The summed E-state index contributed by atoms with van der Waals surface area (Å²) in [6.07, 6.45) is 7.49. The lowest BCUT2D eigenvalue weighted by atomic mass is 9.85. The maximum atomic E-state index is 13.0. The molecule has 2 aliphatic heterocycles. The first-order chi connectivity index (χ1) is 16.3. The van der Waals surface area contributed by atoms with Gasteiger partial charge in [-0.05, 0) is 42.0 Å². The number of likely N-dealkylation sites (tertiary alicyclic amines) is 1. The van der Waals surface area contributed by atoms with Crippen LogP contribution in [0.5, 0.6) is 0 Å². The number of hydrogen-bond acceptors (Lipinski definition) is 6. The van der Waals surface area contributed by atoms with Gasteiger partial charge in [0.1, 0.15) is 0 Å². The van der Waals surface area contributed by atoms with Crippen molar-refractivity contribution in [2.24, 2.45) is 23.7 Å². The summed E-state index contributed by atoms with van der Waals surface area (Å²) in [5.74, 6) is -1.13. The van der Waals surface area contributed by atoms with Gasteiger partial charge in [-0.3, -0.25) is 19.4 Å². The molecule has 1 aromatic carbocycles. The molecule has 5 rings (SSSR count). The normalized spacial score (nSPS) is 29.5. The van der Waals surface area contributed by atoms with Crippen LogP contribution in [0.4, 0.5) is 0 Å². The Morgan fingerprint density at radius 3 is 2.09 bits per heavy atom. The minimum absolute atomic E-state index is 0.0466. The summed E-state index contributed by atoms with van der Waals surface area (Å²) < 4.78 is 27.4. The Balaban J connectivity index is 1.14. The number of imide groups is 1. The van der Waals surface area contributed by atoms with E-state index in [1.165, 1.54) is 27.4 Å². The van der Waals surface area contributed by atoms with E-state index in [0.717, 1.165) is 12.5 Å². The van der Waals surface area contributed by atoms with Gasteiger partial charge in [0.05, 0.1) is 16.7 Å². The maximum Gasteiger partial charge on any atom is 0.328 e. The molecule has 4 atom stereocenters. The van der Waals surface area contributed by atoms with Crippen molar-refractivity contribution in [2.45, 2.75) is 11.3 Å². The number of fused-ring (bicyclic) bond motifs is 5. The Morgan fingerprint density at radius 1 is 0.941 bits per heavy atom. The summed E-state index contributed by atoms with van der Waals surface area (Å²) >= 11 is 0. The zero-order valence-corrected chi connectivity index (χ0v) is 19.4. The molecule has 0 radical (unpaired) electrons. The van der Waals surface area contributed by atoms with Crippen LogP contribution in [0, 0.1) is 23.7 Å². The molecule has 0 unspecified atom stereocenters. The smallest absolute Gasteiger partial charge is 0.328 e. The summed E-state index contributed by atoms with van der Waals surface area (Å²) in [6.45, 7) is 2.58. The minimum atomic E-state index is -3.66. The zero-order chi connectivity index (χ0) is 24.0. The summed E-state index contributed by atoms with van der Waals surface area (Å²) in [4.78, 5) is 40.0. The summed E-state index contributed by atoms with van der Waals surface area (Å²) in [5.41, 5.74) is 0.602. The minimum Gasteiger partial charge on any atom is -0.478 e. The Morgan fingerprint density at radius 2 is 1.53 bits per heavy atom. The molecule has 2 bridgehead atoms. The van der Waals surface area contributed by atoms with Crippen molar-refractivity contribution in [2.75, 3.05) is 39.3 Å². The van der Waals surface area contributed by atoms with Crippen molar-refractivity contribution in [1.82, 2.24) is 14.1 Å². The van der Waals surface area contributed by atoms with Crippen molar-refractivity contribution >= 4 is 33.9 Å². The molecule has 180 valence electrons. The molecule has 0 aromatic heterocycles. The molecule has 34 heavy (non-hydrogen) atoms. The number of carboxylic acid groups (broad SMARTS) is 1. The topological polar surface area (TPSA) is 115 Å². The second-order valence-corrected chi connectivity index (χ2v) is 11.3. The lowest BCUT2D eigenvalue weighted by Gasteiger charge is -2.34. The number of carbonyl (C=O) groups is 3. The van der Waals surface area contributed by atoms with Crippen molar-refractivity contribution in [1.29, 1.82) is 0 Å². The molecule has 1 N–H and O–H groups in total. The van der Waals surface area contributed by atoms with E-state index < -0.39 is 16.0 Å². The van der Waals surface area contributed by atoms with Crippen LogP contribution in [0.1, 0.15) is 12.0 Å². The fraction of sp³-hybridized carbons (Fsp3) is 0.458. The van der Waals surface area contributed by atoms with Crippen LogP contribution in [0.25, 0.3) is 6.08 Å². The number of allylic oxidation sites excluding steroid dienone is 2. The fourth-order valence-electron chi connectivity index (χ4n) is 5.69. The van der Waals surface area contributed by atoms with E-state index in [2.05, 4.69) is 17.1 Å². The number of aliphatic carboxylic acids is 1. The van der Waals surface area contributed by atoms with Gasteiger partial charge < -0.3 is 5.11 Å². The highest BCUT2D eigenvalue weighted by atomic mass is 32.2.